The lowest BCUT2D eigenvalue weighted by Crippen LogP contribution is -2.38. The SMILES string of the molecule is CC1CCC(CN)(OCCc2ccc3c(c2)CCO3)C1. The Balaban J connectivity index is 1.54. The van der Waals surface area contributed by atoms with Crippen LogP contribution in [0.25, 0.3) is 0 Å². The van der Waals surface area contributed by atoms with Crippen molar-refractivity contribution >= 4 is 0 Å². The number of rotatable bonds is 5. The zero-order valence-electron chi connectivity index (χ0n) is 12.4. The summed E-state index contributed by atoms with van der Waals surface area (Å²) in [6.07, 6.45) is 5.47. The third-order valence-corrected chi connectivity index (χ3v) is 4.74. The van der Waals surface area contributed by atoms with E-state index in [4.69, 9.17) is 15.2 Å². The van der Waals surface area contributed by atoms with Crippen molar-refractivity contribution in [2.75, 3.05) is 19.8 Å². The molecule has 1 aliphatic heterocycles. The van der Waals surface area contributed by atoms with Crippen molar-refractivity contribution in [2.24, 2.45) is 11.7 Å². The van der Waals surface area contributed by atoms with Crippen molar-refractivity contribution in [2.45, 2.75) is 44.6 Å². The Bertz CT molecular complexity index is 474. The normalized spacial score (nSPS) is 28.4. The highest BCUT2D eigenvalue weighted by molar-refractivity contribution is 5.39. The second-order valence-electron chi connectivity index (χ2n) is 6.37. The average molecular weight is 275 g/mol. The summed E-state index contributed by atoms with van der Waals surface area (Å²) in [5.41, 5.74) is 8.57. The van der Waals surface area contributed by atoms with E-state index < -0.39 is 0 Å². The van der Waals surface area contributed by atoms with E-state index in [1.807, 2.05) is 0 Å². The number of hydrogen-bond acceptors (Lipinski definition) is 3. The van der Waals surface area contributed by atoms with Crippen LogP contribution < -0.4 is 10.5 Å². The molecular weight excluding hydrogens is 250 g/mol. The zero-order valence-corrected chi connectivity index (χ0v) is 12.4. The summed E-state index contributed by atoms with van der Waals surface area (Å²) >= 11 is 0. The van der Waals surface area contributed by atoms with Gasteiger partial charge in [-0.15, -0.1) is 0 Å². The fourth-order valence-corrected chi connectivity index (χ4v) is 3.50. The first-order valence-corrected chi connectivity index (χ1v) is 7.79. The maximum absolute atomic E-state index is 6.18. The predicted molar refractivity (Wildman–Crippen MR) is 80.1 cm³/mol. The van der Waals surface area contributed by atoms with E-state index in [1.54, 1.807) is 0 Å². The summed E-state index contributed by atoms with van der Waals surface area (Å²) in [4.78, 5) is 0. The molecular formula is C17H25NO2. The van der Waals surface area contributed by atoms with Gasteiger partial charge in [0, 0.05) is 13.0 Å². The zero-order chi connectivity index (χ0) is 14.0. The summed E-state index contributed by atoms with van der Waals surface area (Å²) in [6, 6.07) is 6.51. The van der Waals surface area contributed by atoms with Crippen molar-refractivity contribution in [1.82, 2.24) is 0 Å². The first kappa shape index (κ1) is 13.9. The lowest BCUT2D eigenvalue weighted by molar-refractivity contribution is -0.0343. The van der Waals surface area contributed by atoms with E-state index >= 15 is 0 Å². The fourth-order valence-electron chi connectivity index (χ4n) is 3.50. The van der Waals surface area contributed by atoms with Gasteiger partial charge in [0.05, 0.1) is 18.8 Å². The molecule has 3 heteroatoms. The Kier molecular flexibility index (Phi) is 3.99. The van der Waals surface area contributed by atoms with Gasteiger partial charge in [-0.2, -0.15) is 0 Å². The molecule has 20 heavy (non-hydrogen) atoms. The third-order valence-electron chi connectivity index (χ3n) is 4.74. The minimum Gasteiger partial charge on any atom is -0.493 e. The van der Waals surface area contributed by atoms with Gasteiger partial charge in [-0.3, -0.25) is 0 Å². The highest BCUT2D eigenvalue weighted by Crippen LogP contribution is 2.36. The number of nitrogens with two attached hydrogens (primary N) is 1. The lowest BCUT2D eigenvalue weighted by atomic mass is 10.0. The molecule has 3 rings (SSSR count). The first-order valence-electron chi connectivity index (χ1n) is 7.79. The monoisotopic (exact) mass is 275 g/mol. The molecule has 2 unspecified atom stereocenters. The fraction of sp³-hybridized carbons (Fsp3) is 0.647. The van der Waals surface area contributed by atoms with Crippen LogP contribution in [0.15, 0.2) is 18.2 Å². The Morgan fingerprint density at radius 1 is 1.45 bits per heavy atom. The van der Waals surface area contributed by atoms with Gasteiger partial charge in [-0.25, -0.2) is 0 Å². The molecule has 1 aliphatic carbocycles. The molecule has 2 atom stereocenters. The minimum absolute atomic E-state index is 0.0563. The number of benzene rings is 1. The molecule has 0 saturated heterocycles. The highest BCUT2D eigenvalue weighted by Gasteiger charge is 2.37. The van der Waals surface area contributed by atoms with Crippen LogP contribution in [0.2, 0.25) is 0 Å². The van der Waals surface area contributed by atoms with Crippen molar-refractivity contribution in [3.63, 3.8) is 0 Å². The van der Waals surface area contributed by atoms with Crippen LogP contribution in [0.4, 0.5) is 0 Å². The molecule has 0 aromatic heterocycles. The Hall–Kier alpha value is -1.06. The molecule has 1 heterocycles. The van der Waals surface area contributed by atoms with Crippen LogP contribution in [0.5, 0.6) is 5.75 Å². The smallest absolute Gasteiger partial charge is 0.122 e. The summed E-state index contributed by atoms with van der Waals surface area (Å²) in [7, 11) is 0. The topological polar surface area (TPSA) is 44.5 Å². The molecule has 0 radical (unpaired) electrons. The molecule has 1 aromatic carbocycles. The Morgan fingerprint density at radius 3 is 3.10 bits per heavy atom. The first-order chi connectivity index (χ1) is 9.71. The van der Waals surface area contributed by atoms with Gasteiger partial charge in [0.15, 0.2) is 0 Å². The van der Waals surface area contributed by atoms with E-state index in [0.29, 0.717) is 6.54 Å². The minimum atomic E-state index is -0.0563. The van der Waals surface area contributed by atoms with E-state index in [9.17, 15) is 0 Å². The molecule has 0 amide bonds. The van der Waals surface area contributed by atoms with Crippen LogP contribution >= 0.6 is 0 Å². The van der Waals surface area contributed by atoms with Gasteiger partial charge < -0.3 is 15.2 Å². The van der Waals surface area contributed by atoms with Crippen LogP contribution in [0.3, 0.4) is 0 Å². The van der Waals surface area contributed by atoms with E-state index in [0.717, 1.165) is 50.6 Å². The number of fused-ring (bicyclic) bond motifs is 1. The molecule has 1 saturated carbocycles. The predicted octanol–water partition coefficient (Wildman–Crippen LogP) is 2.70. The average Bonchev–Trinajstić information content (AvgIpc) is 3.05. The van der Waals surface area contributed by atoms with Gasteiger partial charge >= 0.3 is 0 Å². The lowest BCUT2D eigenvalue weighted by Gasteiger charge is -2.28. The van der Waals surface area contributed by atoms with Gasteiger partial charge in [-0.1, -0.05) is 19.1 Å². The van der Waals surface area contributed by atoms with Crippen molar-refractivity contribution in [3.8, 4) is 5.75 Å². The van der Waals surface area contributed by atoms with E-state index in [1.165, 1.54) is 17.5 Å². The maximum atomic E-state index is 6.18. The van der Waals surface area contributed by atoms with Crippen LogP contribution in [0, 0.1) is 5.92 Å². The standard InChI is InChI=1S/C17H25NO2/c1-13-4-7-17(11-13,12-18)20-9-5-14-2-3-16-15(10-14)6-8-19-16/h2-3,10,13H,4-9,11-12,18H2,1H3. The van der Waals surface area contributed by atoms with E-state index in [-0.39, 0.29) is 5.60 Å². The third kappa shape index (κ3) is 2.84. The Morgan fingerprint density at radius 2 is 2.35 bits per heavy atom. The summed E-state index contributed by atoms with van der Waals surface area (Å²) in [5, 5.41) is 0. The molecule has 3 nitrogen and oxygen atoms in total. The second kappa shape index (κ2) is 5.74. The largest absolute Gasteiger partial charge is 0.493 e. The van der Waals surface area contributed by atoms with Crippen molar-refractivity contribution in [3.05, 3.63) is 29.3 Å². The molecule has 2 aliphatic rings. The Labute approximate surface area is 121 Å². The molecule has 0 spiro atoms. The number of ether oxygens (including phenoxy) is 2. The van der Waals surface area contributed by atoms with Gasteiger partial charge in [0.25, 0.3) is 0 Å². The highest BCUT2D eigenvalue weighted by atomic mass is 16.5. The van der Waals surface area contributed by atoms with Gasteiger partial charge in [0.1, 0.15) is 5.75 Å². The van der Waals surface area contributed by atoms with Crippen LogP contribution in [0.1, 0.15) is 37.3 Å². The van der Waals surface area contributed by atoms with Crippen molar-refractivity contribution < 1.29 is 9.47 Å². The van der Waals surface area contributed by atoms with Crippen LogP contribution in [-0.2, 0) is 17.6 Å². The summed E-state index contributed by atoms with van der Waals surface area (Å²) in [6.45, 7) is 4.53. The maximum Gasteiger partial charge on any atom is 0.122 e. The van der Waals surface area contributed by atoms with E-state index in [2.05, 4.69) is 25.1 Å². The quantitative estimate of drug-likeness (QED) is 0.898. The molecule has 1 aromatic rings. The molecule has 2 N–H and O–H groups in total. The summed E-state index contributed by atoms with van der Waals surface area (Å²) in [5.74, 6) is 1.80. The molecule has 0 bridgehead atoms. The van der Waals surface area contributed by atoms with Gasteiger partial charge in [-0.05, 0) is 48.8 Å². The van der Waals surface area contributed by atoms with Gasteiger partial charge in [0.2, 0.25) is 0 Å². The van der Waals surface area contributed by atoms with Crippen molar-refractivity contribution in [1.29, 1.82) is 0 Å². The summed E-state index contributed by atoms with van der Waals surface area (Å²) < 4.78 is 11.7. The molecule has 110 valence electrons. The van der Waals surface area contributed by atoms with Crippen LogP contribution in [-0.4, -0.2) is 25.4 Å². The number of hydrogen-bond donors (Lipinski definition) is 1. The molecule has 1 fully saturated rings. The second-order valence-corrected chi connectivity index (χ2v) is 6.37.